The molecule has 4 rings (SSSR count). The van der Waals surface area contributed by atoms with Crippen LogP contribution < -0.4 is 4.90 Å². The lowest BCUT2D eigenvalue weighted by molar-refractivity contribution is -0.123. The lowest BCUT2D eigenvalue weighted by Gasteiger charge is -2.36. The number of carbonyl (C=O) groups is 3. The van der Waals surface area contributed by atoms with Crippen LogP contribution in [0.15, 0.2) is 60.7 Å². The Morgan fingerprint density at radius 3 is 2.29 bits per heavy atom. The molecule has 2 amide bonds. The zero-order valence-electron chi connectivity index (χ0n) is 17.2. The molecule has 2 aliphatic heterocycles. The van der Waals surface area contributed by atoms with Gasteiger partial charge in [-0.1, -0.05) is 42.5 Å². The lowest BCUT2D eigenvalue weighted by atomic mass is 10.1. The Labute approximate surface area is 181 Å². The first-order valence-corrected chi connectivity index (χ1v) is 10.4. The van der Waals surface area contributed by atoms with Crippen molar-refractivity contribution in [3.05, 3.63) is 71.8 Å². The fourth-order valence-corrected chi connectivity index (χ4v) is 4.09. The molecule has 0 saturated carbocycles. The van der Waals surface area contributed by atoms with E-state index in [9.17, 15) is 14.4 Å². The molecule has 7 heteroatoms. The van der Waals surface area contributed by atoms with Crippen LogP contribution in [0.4, 0.5) is 5.69 Å². The van der Waals surface area contributed by atoms with Crippen LogP contribution >= 0.6 is 0 Å². The number of anilines is 1. The standard InChI is InChI=1S/C24H25N3O4/c28-22-17-21(23(29)27(22)20-10-8-19(9-11-20)24(30)31)26-15-13-25(14-16-26)12-4-7-18-5-2-1-3-6-18/h1-11,21H,12-17H2,(H,30,31)/b7-4-/t21-/m0/s1. The summed E-state index contributed by atoms with van der Waals surface area (Å²) in [5.41, 5.74) is 1.72. The molecule has 2 fully saturated rings. The summed E-state index contributed by atoms with van der Waals surface area (Å²) in [5.74, 6) is -1.52. The Morgan fingerprint density at radius 2 is 1.65 bits per heavy atom. The van der Waals surface area contributed by atoms with E-state index in [2.05, 4.69) is 34.1 Å². The van der Waals surface area contributed by atoms with Crippen molar-refractivity contribution in [2.75, 3.05) is 37.6 Å². The zero-order chi connectivity index (χ0) is 21.8. The summed E-state index contributed by atoms with van der Waals surface area (Å²) in [6.45, 7) is 3.99. The van der Waals surface area contributed by atoms with Gasteiger partial charge in [0.1, 0.15) is 0 Å². The molecule has 160 valence electrons. The largest absolute Gasteiger partial charge is 0.478 e. The van der Waals surface area contributed by atoms with Crippen LogP contribution in [0.3, 0.4) is 0 Å². The minimum Gasteiger partial charge on any atom is -0.478 e. The number of carboxylic acids is 1. The van der Waals surface area contributed by atoms with Crippen molar-refractivity contribution in [2.24, 2.45) is 0 Å². The highest BCUT2D eigenvalue weighted by molar-refractivity contribution is 6.22. The number of amides is 2. The third-order valence-corrected chi connectivity index (χ3v) is 5.82. The minimum absolute atomic E-state index is 0.122. The van der Waals surface area contributed by atoms with Crippen LogP contribution in [0.2, 0.25) is 0 Å². The van der Waals surface area contributed by atoms with Crippen molar-refractivity contribution in [2.45, 2.75) is 12.5 Å². The summed E-state index contributed by atoms with van der Waals surface area (Å²) in [6, 6.07) is 15.6. The molecule has 1 atom stereocenters. The maximum Gasteiger partial charge on any atom is 0.335 e. The molecule has 0 unspecified atom stereocenters. The van der Waals surface area contributed by atoms with Gasteiger partial charge in [0.2, 0.25) is 5.91 Å². The lowest BCUT2D eigenvalue weighted by Crippen LogP contribution is -2.52. The number of piperazine rings is 1. The normalized spacial score (nSPS) is 20.6. The van der Waals surface area contributed by atoms with Gasteiger partial charge in [0.25, 0.3) is 5.91 Å². The zero-order valence-corrected chi connectivity index (χ0v) is 17.2. The van der Waals surface area contributed by atoms with Crippen LogP contribution in [0.25, 0.3) is 6.08 Å². The van der Waals surface area contributed by atoms with E-state index in [-0.39, 0.29) is 23.8 Å². The monoisotopic (exact) mass is 419 g/mol. The van der Waals surface area contributed by atoms with Gasteiger partial charge < -0.3 is 5.11 Å². The van der Waals surface area contributed by atoms with E-state index >= 15 is 0 Å². The third kappa shape index (κ3) is 4.73. The van der Waals surface area contributed by atoms with Gasteiger partial charge in [0, 0.05) is 32.7 Å². The predicted molar refractivity (Wildman–Crippen MR) is 118 cm³/mol. The van der Waals surface area contributed by atoms with E-state index < -0.39 is 12.0 Å². The number of imide groups is 1. The maximum absolute atomic E-state index is 13.0. The average molecular weight is 419 g/mol. The fourth-order valence-electron chi connectivity index (χ4n) is 4.09. The molecule has 2 saturated heterocycles. The second-order valence-corrected chi connectivity index (χ2v) is 7.79. The van der Waals surface area contributed by atoms with E-state index in [4.69, 9.17) is 5.11 Å². The molecule has 0 aliphatic carbocycles. The Kier molecular flexibility index (Phi) is 6.25. The van der Waals surface area contributed by atoms with Crippen LogP contribution in [-0.2, 0) is 9.59 Å². The summed E-state index contributed by atoms with van der Waals surface area (Å²) < 4.78 is 0. The van der Waals surface area contributed by atoms with Gasteiger partial charge >= 0.3 is 5.97 Å². The third-order valence-electron chi connectivity index (χ3n) is 5.82. The van der Waals surface area contributed by atoms with Crippen LogP contribution in [0.1, 0.15) is 22.3 Å². The van der Waals surface area contributed by atoms with Crippen LogP contribution in [0.5, 0.6) is 0 Å². The highest BCUT2D eigenvalue weighted by Crippen LogP contribution is 2.26. The van der Waals surface area contributed by atoms with Crippen molar-refractivity contribution >= 4 is 29.5 Å². The molecule has 31 heavy (non-hydrogen) atoms. The second kappa shape index (κ2) is 9.24. The summed E-state index contributed by atoms with van der Waals surface area (Å²) in [6.07, 6.45) is 4.42. The van der Waals surface area contributed by atoms with Crippen LogP contribution in [-0.4, -0.2) is 71.5 Å². The van der Waals surface area contributed by atoms with Crippen LogP contribution in [0, 0.1) is 0 Å². The first-order valence-electron chi connectivity index (χ1n) is 10.4. The quantitative estimate of drug-likeness (QED) is 0.724. The molecule has 0 spiro atoms. The first-order chi connectivity index (χ1) is 15.0. The second-order valence-electron chi connectivity index (χ2n) is 7.79. The van der Waals surface area contributed by atoms with Crippen molar-refractivity contribution in [1.29, 1.82) is 0 Å². The number of rotatable bonds is 6. The number of hydrogen-bond donors (Lipinski definition) is 1. The summed E-state index contributed by atoms with van der Waals surface area (Å²) in [4.78, 5) is 42.1. The average Bonchev–Trinajstić information content (AvgIpc) is 3.09. The number of hydrogen-bond acceptors (Lipinski definition) is 5. The topological polar surface area (TPSA) is 81.2 Å². The molecule has 0 bridgehead atoms. The van der Waals surface area contributed by atoms with E-state index in [1.54, 1.807) is 0 Å². The molecular formula is C24H25N3O4. The van der Waals surface area contributed by atoms with Crippen molar-refractivity contribution in [3.8, 4) is 0 Å². The Morgan fingerprint density at radius 1 is 0.968 bits per heavy atom. The molecule has 0 aromatic heterocycles. The first kappa shape index (κ1) is 21.0. The van der Waals surface area contributed by atoms with E-state index in [1.807, 2.05) is 18.2 Å². The minimum atomic E-state index is -1.04. The number of nitrogens with zero attached hydrogens (tertiary/aromatic N) is 3. The van der Waals surface area contributed by atoms with Crippen molar-refractivity contribution in [1.82, 2.24) is 9.80 Å². The Bertz CT molecular complexity index is 980. The molecule has 7 nitrogen and oxygen atoms in total. The molecular weight excluding hydrogens is 394 g/mol. The van der Waals surface area contributed by atoms with E-state index in [1.165, 1.54) is 34.7 Å². The molecule has 0 radical (unpaired) electrons. The Balaban J connectivity index is 1.32. The molecule has 2 heterocycles. The van der Waals surface area contributed by atoms with Gasteiger partial charge in [0.15, 0.2) is 0 Å². The number of aromatic carboxylic acids is 1. The van der Waals surface area contributed by atoms with Crippen molar-refractivity contribution in [3.63, 3.8) is 0 Å². The molecule has 2 aromatic rings. The van der Waals surface area contributed by atoms with E-state index in [0.29, 0.717) is 5.69 Å². The smallest absolute Gasteiger partial charge is 0.335 e. The summed E-state index contributed by atoms with van der Waals surface area (Å²) in [5, 5.41) is 9.03. The van der Waals surface area contributed by atoms with Gasteiger partial charge in [-0.3, -0.25) is 19.4 Å². The molecule has 2 aromatic carbocycles. The maximum atomic E-state index is 13.0. The summed E-state index contributed by atoms with van der Waals surface area (Å²) in [7, 11) is 0. The summed E-state index contributed by atoms with van der Waals surface area (Å²) >= 11 is 0. The highest BCUT2D eigenvalue weighted by atomic mass is 16.4. The fraction of sp³-hybridized carbons (Fsp3) is 0.292. The highest BCUT2D eigenvalue weighted by Gasteiger charge is 2.43. The van der Waals surface area contributed by atoms with Gasteiger partial charge in [-0.2, -0.15) is 0 Å². The van der Waals surface area contributed by atoms with Gasteiger partial charge in [-0.15, -0.1) is 0 Å². The van der Waals surface area contributed by atoms with Crippen molar-refractivity contribution < 1.29 is 19.5 Å². The van der Waals surface area contributed by atoms with E-state index in [0.717, 1.165) is 32.7 Å². The van der Waals surface area contributed by atoms with Gasteiger partial charge in [-0.05, 0) is 29.8 Å². The predicted octanol–water partition coefficient (Wildman–Crippen LogP) is 2.35. The van der Waals surface area contributed by atoms with Gasteiger partial charge in [0.05, 0.1) is 23.7 Å². The number of benzene rings is 2. The molecule has 1 N–H and O–H groups in total. The number of carboxylic acid groups (broad SMARTS) is 1. The Hall–Kier alpha value is -3.29. The molecule has 2 aliphatic rings. The SMILES string of the molecule is O=C(O)c1ccc(N2C(=O)C[C@H](N3CCN(C/C=C\c4ccccc4)CC3)C2=O)cc1. The van der Waals surface area contributed by atoms with Gasteiger partial charge in [-0.25, -0.2) is 9.69 Å². The number of carbonyl (C=O) groups excluding carboxylic acids is 2.